The van der Waals surface area contributed by atoms with Crippen molar-refractivity contribution in [1.29, 1.82) is 0 Å². The lowest BCUT2D eigenvalue weighted by molar-refractivity contribution is 0.102. The van der Waals surface area contributed by atoms with E-state index in [2.05, 4.69) is 5.32 Å². The molecule has 3 aromatic rings. The van der Waals surface area contributed by atoms with E-state index in [0.29, 0.717) is 48.3 Å². The Morgan fingerprint density at radius 2 is 1.76 bits per heavy atom. The van der Waals surface area contributed by atoms with Gasteiger partial charge in [0.1, 0.15) is 31.3 Å². The average Bonchev–Trinajstić information content (AvgIpc) is 2.78. The summed E-state index contributed by atoms with van der Waals surface area (Å²) >= 11 is 0. The first-order valence-corrected chi connectivity index (χ1v) is 9.29. The number of para-hydroxylation sites is 1. The van der Waals surface area contributed by atoms with E-state index in [0.717, 1.165) is 11.3 Å². The van der Waals surface area contributed by atoms with Crippen LogP contribution in [0.3, 0.4) is 0 Å². The number of benzene rings is 3. The molecule has 0 saturated carbocycles. The Morgan fingerprint density at radius 1 is 0.966 bits per heavy atom. The Morgan fingerprint density at radius 3 is 2.55 bits per heavy atom. The molecular weight excluding hydrogens is 370 g/mol. The molecule has 29 heavy (non-hydrogen) atoms. The molecule has 6 heteroatoms. The zero-order valence-electron chi connectivity index (χ0n) is 16.0. The molecule has 1 heterocycles. The Bertz CT molecular complexity index is 1000. The molecule has 0 aromatic heterocycles. The van der Waals surface area contributed by atoms with Crippen molar-refractivity contribution in [2.24, 2.45) is 0 Å². The summed E-state index contributed by atoms with van der Waals surface area (Å²) in [4.78, 5) is 12.7. The smallest absolute Gasteiger partial charge is 0.255 e. The zero-order valence-corrected chi connectivity index (χ0v) is 16.0. The highest BCUT2D eigenvalue weighted by Gasteiger charge is 2.15. The summed E-state index contributed by atoms with van der Waals surface area (Å²) < 4.78 is 22.3. The largest absolute Gasteiger partial charge is 0.496 e. The van der Waals surface area contributed by atoms with Crippen LogP contribution in [0.2, 0.25) is 0 Å². The van der Waals surface area contributed by atoms with Crippen LogP contribution in [-0.4, -0.2) is 26.2 Å². The first kappa shape index (κ1) is 18.7. The zero-order chi connectivity index (χ0) is 20.1. The number of carbonyl (C=O) groups excluding carboxylic acids is 1. The third-order valence-corrected chi connectivity index (χ3v) is 4.48. The van der Waals surface area contributed by atoms with Gasteiger partial charge in [-0.3, -0.25) is 4.79 Å². The summed E-state index contributed by atoms with van der Waals surface area (Å²) in [6, 6.07) is 20.1. The van der Waals surface area contributed by atoms with Gasteiger partial charge in [0.25, 0.3) is 5.91 Å². The van der Waals surface area contributed by atoms with E-state index in [9.17, 15) is 4.79 Å². The molecule has 1 amide bonds. The third-order valence-electron chi connectivity index (χ3n) is 4.48. The molecule has 0 saturated heterocycles. The van der Waals surface area contributed by atoms with E-state index >= 15 is 0 Å². The second-order valence-corrected chi connectivity index (χ2v) is 6.44. The summed E-state index contributed by atoms with van der Waals surface area (Å²) in [7, 11) is 1.59. The Labute approximate surface area is 169 Å². The number of amides is 1. The van der Waals surface area contributed by atoms with Crippen LogP contribution in [0.25, 0.3) is 0 Å². The molecule has 0 radical (unpaired) electrons. The van der Waals surface area contributed by atoms with Crippen molar-refractivity contribution in [3.63, 3.8) is 0 Å². The quantitative estimate of drug-likeness (QED) is 0.679. The van der Waals surface area contributed by atoms with Gasteiger partial charge in [0.15, 0.2) is 11.5 Å². The predicted octanol–water partition coefficient (Wildman–Crippen LogP) is 4.30. The molecule has 3 aromatic carbocycles. The molecule has 1 N–H and O–H groups in total. The fourth-order valence-electron chi connectivity index (χ4n) is 3.03. The minimum atomic E-state index is -0.231. The molecule has 4 rings (SSSR count). The maximum absolute atomic E-state index is 12.7. The molecule has 6 nitrogen and oxygen atoms in total. The van der Waals surface area contributed by atoms with Crippen LogP contribution in [-0.2, 0) is 6.61 Å². The number of rotatable bonds is 6. The van der Waals surface area contributed by atoms with Gasteiger partial charge in [0, 0.05) is 22.9 Å². The van der Waals surface area contributed by atoms with Crippen molar-refractivity contribution < 1.29 is 23.7 Å². The fourth-order valence-corrected chi connectivity index (χ4v) is 3.03. The maximum atomic E-state index is 12.7. The Kier molecular flexibility index (Phi) is 5.52. The number of ether oxygens (including phenoxy) is 4. The standard InChI is InChI=1S/C23H21NO5/c1-26-20-9-7-16(13-17(20)15-29-19-5-3-2-4-6-19)23(25)24-18-8-10-21-22(14-18)28-12-11-27-21/h2-10,13-14H,11-12,15H2,1H3,(H,24,25). The molecule has 1 aliphatic rings. The monoisotopic (exact) mass is 391 g/mol. The van der Waals surface area contributed by atoms with E-state index < -0.39 is 0 Å². The van der Waals surface area contributed by atoms with Gasteiger partial charge in [0.2, 0.25) is 0 Å². The molecule has 0 atom stereocenters. The molecule has 0 aliphatic carbocycles. The van der Waals surface area contributed by atoms with Crippen LogP contribution in [0.15, 0.2) is 66.7 Å². The molecule has 148 valence electrons. The normalized spacial score (nSPS) is 12.2. The minimum Gasteiger partial charge on any atom is -0.496 e. The predicted molar refractivity (Wildman–Crippen MR) is 109 cm³/mol. The number of nitrogens with one attached hydrogen (secondary N) is 1. The van der Waals surface area contributed by atoms with Crippen LogP contribution in [0.4, 0.5) is 5.69 Å². The molecule has 1 aliphatic heterocycles. The van der Waals surface area contributed by atoms with Gasteiger partial charge in [-0.1, -0.05) is 18.2 Å². The molecule has 0 unspecified atom stereocenters. The minimum absolute atomic E-state index is 0.231. The fraction of sp³-hybridized carbons (Fsp3) is 0.174. The Hall–Kier alpha value is -3.67. The topological polar surface area (TPSA) is 66.0 Å². The summed E-state index contributed by atoms with van der Waals surface area (Å²) in [5, 5.41) is 2.89. The lowest BCUT2D eigenvalue weighted by Gasteiger charge is -2.19. The second-order valence-electron chi connectivity index (χ2n) is 6.44. The van der Waals surface area contributed by atoms with Gasteiger partial charge in [-0.2, -0.15) is 0 Å². The van der Waals surface area contributed by atoms with Crippen molar-refractivity contribution in [1.82, 2.24) is 0 Å². The highest BCUT2D eigenvalue weighted by molar-refractivity contribution is 6.04. The number of hydrogen-bond acceptors (Lipinski definition) is 5. The van der Waals surface area contributed by atoms with E-state index in [1.807, 2.05) is 30.3 Å². The highest BCUT2D eigenvalue weighted by atomic mass is 16.6. The van der Waals surface area contributed by atoms with Crippen LogP contribution in [0.5, 0.6) is 23.0 Å². The summed E-state index contributed by atoms with van der Waals surface area (Å²) in [6.07, 6.45) is 0. The van der Waals surface area contributed by atoms with Crippen LogP contribution >= 0.6 is 0 Å². The van der Waals surface area contributed by atoms with Gasteiger partial charge in [-0.25, -0.2) is 0 Å². The first-order chi connectivity index (χ1) is 14.2. The molecule has 0 bridgehead atoms. The van der Waals surface area contributed by atoms with Crippen molar-refractivity contribution in [3.8, 4) is 23.0 Å². The van der Waals surface area contributed by atoms with Crippen LogP contribution < -0.4 is 24.3 Å². The van der Waals surface area contributed by atoms with Crippen LogP contribution in [0.1, 0.15) is 15.9 Å². The number of fused-ring (bicyclic) bond motifs is 1. The van der Waals surface area contributed by atoms with Crippen LogP contribution in [0, 0.1) is 0 Å². The number of hydrogen-bond donors (Lipinski definition) is 1. The second kappa shape index (κ2) is 8.56. The number of methoxy groups -OCH3 is 1. The van der Waals surface area contributed by atoms with E-state index in [-0.39, 0.29) is 5.91 Å². The first-order valence-electron chi connectivity index (χ1n) is 9.29. The lowest BCUT2D eigenvalue weighted by atomic mass is 10.1. The summed E-state index contributed by atoms with van der Waals surface area (Å²) in [6.45, 7) is 1.31. The Balaban J connectivity index is 1.49. The van der Waals surface area contributed by atoms with Gasteiger partial charge in [0.05, 0.1) is 7.11 Å². The maximum Gasteiger partial charge on any atom is 0.255 e. The van der Waals surface area contributed by atoms with Gasteiger partial charge in [-0.05, 0) is 42.5 Å². The lowest BCUT2D eigenvalue weighted by Crippen LogP contribution is -2.16. The SMILES string of the molecule is COc1ccc(C(=O)Nc2ccc3c(c2)OCCO3)cc1COc1ccccc1. The highest BCUT2D eigenvalue weighted by Crippen LogP contribution is 2.33. The molecular formula is C23H21NO5. The van der Waals surface area contributed by atoms with E-state index in [4.69, 9.17) is 18.9 Å². The summed E-state index contributed by atoms with van der Waals surface area (Å²) in [5.74, 6) is 2.49. The summed E-state index contributed by atoms with van der Waals surface area (Å²) in [5.41, 5.74) is 1.93. The van der Waals surface area contributed by atoms with Gasteiger partial charge >= 0.3 is 0 Å². The average molecular weight is 391 g/mol. The van der Waals surface area contributed by atoms with Crippen molar-refractivity contribution in [3.05, 3.63) is 77.9 Å². The van der Waals surface area contributed by atoms with Gasteiger partial charge < -0.3 is 24.3 Å². The van der Waals surface area contributed by atoms with Crippen molar-refractivity contribution in [2.45, 2.75) is 6.61 Å². The molecule has 0 fully saturated rings. The number of anilines is 1. The molecule has 0 spiro atoms. The number of carbonyl (C=O) groups is 1. The van der Waals surface area contributed by atoms with E-state index in [1.54, 1.807) is 43.5 Å². The van der Waals surface area contributed by atoms with Crippen molar-refractivity contribution in [2.75, 3.05) is 25.6 Å². The van der Waals surface area contributed by atoms with Gasteiger partial charge in [-0.15, -0.1) is 0 Å². The van der Waals surface area contributed by atoms with Crippen molar-refractivity contribution >= 4 is 11.6 Å². The van der Waals surface area contributed by atoms with E-state index in [1.165, 1.54) is 0 Å². The third kappa shape index (κ3) is 4.43.